The Hall–Kier alpha value is -0.980. The van der Waals surface area contributed by atoms with Gasteiger partial charge in [-0.15, -0.1) is 11.6 Å². The summed E-state index contributed by atoms with van der Waals surface area (Å²) in [5, 5.41) is 0. The van der Waals surface area contributed by atoms with E-state index in [1.807, 2.05) is 0 Å². The highest BCUT2D eigenvalue weighted by molar-refractivity contribution is 7.90. The first-order chi connectivity index (χ1) is 9.98. The van der Waals surface area contributed by atoms with Gasteiger partial charge in [0, 0.05) is 32.1 Å². The van der Waals surface area contributed by atoms with E-state index in [1.54, 1.807) is 38.4 Å². The smallest absolute Gasteiger partial charge is 0.303 e. The fourth-order valence-electron chi connectivity index (χ4n) is 2.48. The number of methoxy groups -OCH3 is 1. The lowest BCUT2D eigenvalue weighted by Crippen LogP contribution is -2.47. The summed E-state index contributed by atoms with van der Waals surface area (Å²) in [6, 6.07) is 7.02. The summed E-state index contributed by atoms with van der Waals surface area (Å²) in [6.45, 7) is 1.03. The quantitative estimate of drug-likeness (QED) is 0.778. The van der Waals surface area contributed by atoms with Crippen molar-refractivity contribution >= 4 is 27.5 Å². The summed E-state index contributed by atoms with van der Waals surface area (Å²) in [5.74, 6) is 1.36. The van der Waals surface area contributed by atoms with Crippen LogP contribution in [0.2, 0.25) is 0 Å². The standard InChI is InChI=1S/C14H21ClN2O3S/c1-16(13-6-3-7-14(9-13)20-2)21(18,19)17-8-4-5-12(10-15)11-17/h3,6-7,9,12H,4-5,8,10-11H2,1-2H3. The third kappa shape index (κ3) is 3.62. The van der Waals surface area contributed by atoms with Gasteiger partial charge >= 0.3 is 10.2 Å². The first kappa shape index (κ1) is 16.4. The van der Waals surface area contributed by atoms with E-state index in [2.05, 4.69) is 0 Å². The Labute approximate surface area is 131 Å². The SMILES string of the molecule is COc1cccc(N(C)S(=O)(=O)N2CCCC(CCl)C2)c1. The van der Waals surface area contributed by atoms with Crippen LogP contribution in [0, 0.1) is 5.92 Å². The molecule has 1 aromatic rings. The predicted molar refractivity (Wildman–Crippen MR) is 85.3 cm³/mol. The summed E-state index contributed by atoms with van der Waals surface area (Å²) in [5.41, 5.74) is 0.586. The second kappa shape index (κ2) is 6.85. The van der Waals surface area contributed by atoms with Crippen molar-refractivity contribution in [2.45, 2.75) is 12.8 Å². The molecule has 1 saturated heterocycles. The maximum Gasteiger partial charge on any atom is 0.303 e. The van der Waals surface area contributed by atoms with Gasteiger partial charge < -0.3 is 4.74 Å². The molecule has 1 aliphatic heterocycles. The van der Waals surface area contributed by atoms with E-state index in [1.165, 1.54) is 8.61 Å². The van der Waals surface area contributed by atoms with Gasteiger partial charge in [0.05, 0.1) is 12.8 Å². The highest BCUT2D eigenvalue weighted by atomic mass is 35.5. The van der Waals surface area contributed by atoms with Gasteiger partial charge in [-0.05, 0) is 30.9 Å². The summed E-state index contributed by atoms with van der Waals surface area (Å²) in [7, 11) is -0.408. The fourth-order valence-corrected chi connectivity index (χ4v) is 4.21. The van der Waals surface area contributed by atoms with Gasteiger partial charge in [0.15, 0.2) is 0 Å². The third-order valence-electron chi connectivity index (χ3n) is 3.79. The van der Waals surface area contributed by atoms with Crippen LogP contribution in [0.1, 0.15) is 12.8 Å². The van der Waals surface area contributed by atoms with Crippen LogP contribution in [0.15, 0.2) is 24.3 Å². The average Bonchev–Trinajstić information content (AvgIpc) is 2.54. The third-order valence-corrected chi connectivity index (χ3v) is 6.11. The Morgan fingerprint density at radius 1 is 1.48 bits per heavy atom. The lowest BCUT2D eigenvalue weighted by Gasteiger charge is -2.34. The first-order valence-electron chi connectivity index (χ1n) is 6.93. The molecule has 1 aliphatic rings. The van der Waals surface area contributed by atoms with Crippen LogP contribution >= 0.6 is 11.6 Å². The molecule has 118 valence electrons. The largest absolute Gasteiger partial charge is 0.497 e. The van der Waals surface area contributed by atoms with Crippen molar-refractivity contribution in [1.82, 2.24) is 4.31 Å². The van der Waals surface area contributed by atoms with Crippen molar-refractivity contribution in [3.05, 3.63) is 24.3 Å². The molecule has 7 heteroatoms. The van der Waals surface area contributed by atoms with Gasteiger partial charge in [0.1, 0.15) is 5.75 Å². The summed E-state index contributed by atoms with van der Waals surface area (Å²) in [4.78, 5) is 0. The minimum atomic E-state index is -3.53. The highest BCUT2D eigenvalue weighted by Crippen LogP contribution is 2.26. The minimum absolute atomic E-state index is 0.230. The second-order valence-corrected chi connectivity index (χ2v) is 7.47. The van der Waals surface area contributed by atoms with E-state index >= 15 is 0 Å². The number of ether oxygens (including phenoxy) is 1. The van der Waals surface area contributed by atoms with Crippen LogP contribution in [0.5, 0.6) is 5.75 Å². The Kier molecular flexibility index (Phi) is 5.35. The van der Waals surface area contributed by atoms with Gasteiger partial charge in [0.2, 0.25) is 0 Å². The van der Waals surface area contributed by atoms with Crippen molar-refractivity contribution in [2.24, 2.45) is 5.92 Å². The fraction of sp³-hybridized carbons (Fsp3) is 0.571. The van der Waals surface area contributed by atoms with Crippen LogP contribution in [0.25, 0.3) is 0 Å². The number of nitrogens with zero attached hydrogens (tertiary/aromatic N) is 2. The molecule has 0 spiro atoms. The zero-order valence-corrected chi connectivity index (χ0v) is 13.9. The van der Waals surface area contributed by atoms with Crippen LogP contribution in [-0.4, -0.2) is 45.8 Å². The number of halogens is 1. The molecule has 2 rings (SSSR count). The molecule has 1 atom stereocenters. The average molecular weight is 333 g/mol. The van der Waals surface area contributed by atoms with Gasteiger partial charge in [-0.3, -0.25) is 4.31 Å². The molecule has 1 heterocycles. The van der Waals surface area contributed by atoms with E-state index in [4.69, 9.17) is 16.3 Å². The van der Waals surface area contributed by atoms with Crippen molar-refractivity contribution in [1.29, 1.82) is 0 Å². The topological polar surface area (TPSA) is 49.9 Å². The van der Waals surface area contributed by atoms with E-state index in [-0.39, 0.29) is 5.92 Å². The summed E-state index contributed by atoms with van der Waals surface area (Å²) >= 11 is 5.88. The maximum absolute atomic E-state index is 12.7. The van der Waals surface area contributed by atoms with Crippen LogP contribution in [0.3, 0.4) is 0 Å². The Bertz CT molecular complexity index is 579. The monoisotopic (exact) mass is 332 g/mol. The number of benzene rings is 1. The van der Waals surface area contributed by atoms with Crippen LogP contribution in [-0.2, 0) is 10.2 Å². The van der Waals surface area contributed by atoms with E-state index < -0.39 is 10.2 Å². The molecule has 0 radical (unpaired) electrons. The lowest BCUT2D eigenvalue weighted by atomic mass is 10.0. The normalized spacial score (nSPS) is 20.2. The summed E-state index contributed by atoms with van der Waals surface area (Å²) < 4.78 is 33.4. The van der Waals surface area contributed by atoms with Crippen LogP contribution < -0.4 is 9.04 Å². The number of anilines is 1. The maximum atomic E-state index is 12.7. The molecular formula is C14H21ClN2O3S. The molecule has 1 unspecified atom stereocenters. The van der Waals surface area contributed by atoms with E-state index in [0.717, 1.165) is 12.8 Å². The molecule has 0 amide bonds. The van der Waals surface area contributed by atoms with Crippen LogP contribution in [0.4, 0.5) is 5.69 Å². The van der Waals surface area contributed by atoms with Crippen molar-refractivity contribution in [3.63, 3.8) is 0 Å². The molecular weight excluding hydrogens is 312 g/mol. The summed E-state index contributed by atoms with van der Waals surface area (Å²) in [6.07, 6.45) is 1.83. The zero-order valence-electron chi connectivity index (χ0n) is 12.3. The number of alkyl halides is 1. The Balaban J connectivity index is 2.21. The molecule has 0 aromatic heterocycles. The number of rotatable bonds is 5. The second-order valence-electron chi connectivity index (χ2n) is 5.20. The van der Waals surface area contributed by atoms with E-state index in [9.17, 15) is 8.42 Å². The number of hydrogen-bond donors (Lipinski definition) is 0. The van der Waals surface area contributed by atoms with Gasteiger partial charge in [0.25, 0.3) is 0 Å². The molecule has 0 saturated carbocycles. The molecule has 0 N–H and O–H groups in total. The van der Waals surface area contributed by atoms with Crippen molar-refractivity contribution in [2.75, 3.05) is 37.4 Å². The minimum Gasteiger partial charge on any atom is -0.497 e. The molecule has 0 bridgehead atoms. The van der Waals surface area contributed by atoms with Crippen molar-refractivity contribution < 1.29 is 13.2 Å². The molecule has 0 aliphatic carbocycles. The predicted octanol–water partition coefficient (Wildman–Crippen LogP) is 2.33. The zero-order chi connectivity index (χ0) is 15.5. The first-order valence-corrected chi connectivity index (χ1v) is 8.86. The Morgan fingerprint density at radius 2 is 2.24 bits per heavy atom. The van der Waals surface area contributed by atoms with Gasteiger partial charge in [-0.2, -0.15) is 12.7 Å². The van der Waals surface area contributed by atoms with Gasteiger partial charge in [-0.25, -0.2) is 0 Å². The molecule has 1 fully saturated rings. The number of hydrogen-bond acceptors (Lipinski definition) is 3. The molecule has 21 heavy (non-hydrogen) atoms. The highest BCUT2D eigenvalue weighted by Gasteiger charge is 2.31. The molecule has 1 aromatic carbocycles. The van der Waals surface area contributed by atoms with E-state index in [0.29, 0.717) is 30.4 Å². The Morgan fingerprint density at radius 3 is 2.90 bits per heavy atom. The van der Waals surface area contributed by atoms with Gasteiger partial charge in [-0.1, -0.05) is 6.07 Å². The molecule has 5 nitrogen and oxygen atoms in total. The number of piperidine rings is 1. The van der Waals surface area contributed by atoms with Crippen molar-refractivity contribution in [3.8, 4) is 5.75 Å². The lowest BCUT2D eigenvalue weighted by molar-refractivity contribution is 0.283.